The lowest BCUT2D eigenvalue weighted by Gasteiger charge is -2.37. The number of anilines is 1. The summed E-state index contributed by atoms with van der Waals surface area (Å²) < 4.78 is 5.54. The third kappa shape index (κ3) is 2.57. The van der Waals surface area contributed by atoms with E-state index in [4.69, 9.17) is 16.3 Å². The van der Waals surface area contributed by atoms with E-state index in [9.17, 15) is 5.11 Å². The van der Waals surface area contributed by atoms with Crippen molar-refractivity contribution in [3.63, 3.8) is 0 Å². The molecule has 0 radical (unpaired) electrons. The molecule has 1 aromatic heterocycles. The molecule has 0 aliphatic carbocycles. The van der Waals surface area contributed by atoms with Crippen LogP contribution >= 0.6 is 11.6 Å². The second kappa shape index (κ2) is 5.65. The van der Waals surface area contributed by atoms with Gasteiger partial charge in [0, 0.05) is 31.3 Å². The van der Waals surface area contributed by atoms with Gasteiger partial charge in [0.15, 0.2) is 0 Å². The smallest absolute Gasteiger partial charge is 0.147 e. The van der Waals surface area contributed by atoms with Crippen LogP contribution in [0.2, 0.25) is 5.02 Å². The summed E-state index contributed by atoms with van der Waals surface area (Å²) in [5.74, 6) is 0.999. The van der Waals surface area contributed by atoms with Gasteiger partial charge >= 0.3 is 0 Å². The molecule has 0 spiro atoms. The van der Waals surface area contributed by atoms with E-state index in [1.807, 2.05) is 12.1 Å². The molecule has 2 aliphatic heterocycles. The summed E-state index contributed by atoms with van der Waals surface area (Å²) in [7, 11) is 0. The van der Waals surface area contributed by atoms with E-state index < -0.39 is 0 Å². The number of hydrogen-bond acceptors (Lipinski definition) is 4. The van der Waals surface area contributed by atoms with Gasteiger partial charge in [-0.1, -0.05) is 11.6 Å². The molecule has 5 heteroatoms. The predicted molar refractivity (Wildman–Crippen MR) is 74.5 cm³/mol. The second-order valence-corrected chi connectivity index (χ2v) is 5.71. The highest BCUT2D eigenvalue weighted by molar-refractivity contribution is 6.32. The highest BCUT2D eigenvalue weighted by Gasteiger charge is 2.38. The number of aromatic nitrogens is 1. The van der Waals surface area contributed by atoms with Crippen LogP contribution in [0.25, 0.3) is 0 Å². The van der Waals surface area contributed by atoms with Crippen LogP contribution in [-0.2, 0) is 4.74 Å². The van der Waals surface area contributed by atoms with E-state index in [1.165, 1.54) is 0 Å². The Labute approximate surface area is 118 Å². The first-order chi connectivity index (χ1) is 9.27. The first-order valence-corrected chi connectivity index (χ1v) is 7.28. The van der Waals surface area contributed by atoms with Crippen molar-refractivity contribution in [2.24, 2.45) is 5.92 Å². The second-order valence-electron chi connectivity index (χ2n) is 5.31. The first-order valence-electron chi connectivity index (χ1n) is 6.90. The topological polar surface area (TPSA) is 45.6 Å². The number of aliphatic hydroxyl groups is 1. The number of rotatable bonds is 2. The number of ether oxygens (including phenoxy) is 1. The van der Waals surface area contributed by atoms with Gasteiger partial charge in [0.2, 0.25) is 0 Å². The summed E-state index contributed by atoms with van der Waals surface area (Å²) in [5.41, 5.74) is 0. The van der Waals surface area contributed by atoms with Crippen molar-refractivity contribution < 1.29 is 9.84 Å². The quantitative estimate of drug-likeness (QED) is 0.902. The van der Waals surface area contributed by atoms with Crippen molar-refractivity contribution >= 4 is 17.4 Å². The molecule has 4 nitrogen and oxygen atoms in total. The van der Waals surface area contributed by atoms with Crippen LogP contribution in [0.4, 0.5) is 5.82 Å². The molecule has 1 N–H and O–H groups in total. The third-order valence-electron chi connectivity index (χ3n) is 4.17. The van der Waals surface area contributed by atoms with Crippen LogP contribution in [0, 0.1) is 5.92 Å². The Bertz CT molecular complexity index is 443. The SMILES string of the molecule is O[C@@H]1CCOC[C@@H]1[C@@H]1CCCN1c1ncccc1Cl. The first kappa shape index (κ1) is 13.2. The van der Waals surface area contributed by atoms with E-state index >= 15 is 0 Å². The fourth-order valence-corrected chi connectivity index (χ4v) is 3.44. The normalized spacial score (nSPS) is 31.7. The molecule has 2 saturated heterocycles. The fourth-order valence-electron chi connectivity index (χ4n) is 3.21. The van der Waals surface area contributed by atoms with Crippen molar-refractivity contribution in [2.45, 2.75) is 31.4 Å². The molecule has 0 amide bonds. The van der Waals surface area contributed by atoms with Crippen LogP contribution < -0.4 is 4.90 Å². The molecule has 0 aromatic carbocycles. The standard InChI is InChI=1S/C14H19ClN2O2/c15-11-3-1-6-16-14(11)17-7-2-4-12(17)10-9-19-8-5-13(10)18/h1,3,6,10,12-13,18H,2,4-5,7-9H2/t10-,12+,13-/m1/s1. The Balaban J connectivity index is 1.83. The zero-order valence-electron chi connectivity index (χ0n) is 10.8. The summed E-state index contributed by atoms with van der Waals surface area (Å²) in [5, 5.41) is 10.9. The van der Waals surface area contributed by atoms with Crippen LogP contribution in [0.1, 0.15) is 19.3 Å². The molecular weight excluding hydrogens is 264 g/mol. The fraction of sp³-hybridized carbons (Fsp3) is 0.643. The Morgan fingerprint density at radius 2 is 2.32 bits per heavy atom. The van der Waals surface area contributed by atoms with E-state index in [2.05, 4.69) is 9.88 Å². The molecule has 3 heterocycles. The predicted octanol–water partition coefficient (Wildman–Crippen LogP) is 2.10. The van der Waals surface area contributed by atoms with E-state index in [-0.39, 0.29) is 18.1 Å². The molecule has 3 rings (SSSR count). The van der Waals surface area contributed by atoms with Crippen molar-refractivity contribution in [1.29, 1.82) is 0 Å². The van der Waals surface area contributed by atoms with Crippen LogP contribution in [-0.4, -0.2) is 42.0 Å². The molecule has 104 valence electrons. The molecule has 2 aliphatic rings. The lowest BCUT2D eigenvalue weighted by molar-refractivity contribution is -0.0438. The Morgan fingerprint density at radius 3 is 3.11 bits per heavy atom. The summed E-state index contributed by atoms with van der Waals surface area (Å²) >= 11 is 6.25. The Hall–Kier alpha value is -0.840. The van der Waals surface area contributed by atoms with Crippen LogP contribution in [0.15, 0.2) is 18.3 Å². The highest BCUT2D eigenvalue weighted by atomic mass is 35.5. The zero-order chi connectivity index (χ0) is 13.2. The molecule has 0 saturated carbocycles. The summed E-state index contributed by atoms with van der Waals surface area (Å²) in [6.45, 7) is 2.24. The van der Waals surface area contributed by atoms with Gasteiger partial charge in [-0.15, -0.1) is 0 Å². The minimum absolute atomic E-state index is 0.161. The number of aliphatic hydroxyl groups excluding tert-OH is 1. The minimum atomic E-state index is -0.276. The maximum absolute atomic E-state index is 10.2. The summed E-state index contributed by atoms with van der Waals surface area (Å²) in [6.07, 6.45) is 4.40. The van der Waals surface area contributed by atoms with Gasteiger partial charge < -0.3 is 14.7 Å². The third-order valence-corrected chi connectivity index (χ3v) is 4.46. The van der Waals surface area contributed by atoms with E-state index in [1.54, 1.807) is 6.20 Å². The largest absolute Gasteiger partial charge is 0.393 e. The van der Waals surface area contributed by atoms with Crippen molar-refractivity contribution in [1.82, 2.24) is 4.98 Å². The van der Waals surface area contributed by atoms with Crippen molar-refractivity contribution in [2.75, 3.05) is 24.7 Å². The maximum Gasteiger partial charge on any atom is 0.147 e. The highest BCUT2D eigenvalue weighted by Crippen LogP contribution is 2.35. The van der Waals surface area contributed by atoms with Crippen LogP contribution in [0.5, 0.6) is 0 Å². The lowest BCUT2D eigenvalue weighted by atomic mass is 9.89. The molecule has 0 unspecified atom stereocenters. The van der Waals surface area contributed by atoms with Gasteiger partial charge in [-0.05, 0) is 31.4 Å². The zero-order valence-corrected chi connectivity index (χ0v) is 11.6. The number of halogens is 1. The minimum Gasteiger partial charge on any atom is -0.393 e. The Morgan fingerprint density at radius 1 is 1.42 bits per heavy atom. The van der Waals surface area contributed by atoms with E-state index in [0.717, 1.165) is 31.6 Å². The molecular formula is C14H19ClN2O2. The van der Waals surface area contributed by atoms with Crippen LogP contribution in [0.3, 0.4) is 0 Å². The number of nitrogens with zero attached hydrogens (tertiary/aromatic N) is 2. The van der Waals surface area contributed by atoms with Gasteiger partial charge in [-0.2, -0.15) is 0 Å². The number of hydrogen-bond donors (Lipinski definition) is 1. The van der Waals surface area contributed by atoms with Gasteiger partial charge in [-0.25, -0.2) is 4.98 Å². The van der Waals surface area contributed by atoms with E-state index in [0.29, 0.717) is 18.2 Å². The summed E-state index contributed by atoms with van der Waals surface area (Å²) in [6, 6.07) is 3.99. The van der Waals surface area contributed by atoms with Gasteiger partial charge in [0.25, 0.3) is 0 Å². The summed E-state index contributed by atoms with van der Waals surface area (Å²) in [4.78, 5) is 6.64. The molecule has 1 aromatic rings. The van der Waals surface area contributed by atoms with Gasteiger partial charge in [0.1, 0.15) is 5.82 Å². The van der Waals surface area contributed by atoms with Crippen molar-refractivity contribution in [3.05, 3.63) is 23.4 Å². The van der Waals surface area contributed by atoms with Crippen molar-refractivity contribution in [3.8, 4) is 0 Å². The Kier molecular flexibility index (Phi) is 3.91. The average molecular weight is 283 g/mol. The monoisotopic (exact) mass is 282 g/mol. The number of pyridine rings is 1. The lowest BCUT2D eigenvalue weighted by Crippen LogP contribution is -2.46. The molecule has 3 atom stereocenters. The maximum atomic E-state index is 10.2. The molecule has 0 bridgehead atoms. The average Bonchev–Trinajstić information content (AvgIpc) is 2.89. The van der Waals surface area contributed by atoms with Gasteiger partial charge in [0.05, 0.1) is 17.7 Å². The molecule has 19 heavy (non-hydrogen) atoms. The van der Waals surface area contributed by atoms with Gasteiger partial charge in [-0.3, -0.25) is 0 Å². The molecule has 2 fully saturated rings.